The molecule has 2 rings (SSSR count). The minimum atomic E-state index is -0.673. The summed E-state index contributed by atoms with van der Waals surface area (Å²) in [4.78, 5) is 0. The standard InChI is InChI=1S/C9H10FNO2/c10-6-2-1-5-7(11)3-4-13-9(5)8(6)12/h1-2,7,12H,3-4,11H2. The Morgan fingerprint density at radius 2 is 2.31 bits per heavy atom. The molecular weight excluding hydrogens is 173 g/mol. The Bertz CT molecular complexity index is 341. The highest BCUT2D eigenvalue weighted by Gasteiger charge is 2.22. The van der Waals surface area contributed by atoms with Gasteiger partial charge in [-0.25, -0.2) is 4.39 Å². The van der Waals surface area contributed by atoms with Gasteiger partial charge in [0.25, 0.3) is 0 Å². The molecule has 4 heteroatoms. The van der Waals surface area contributed by atoms with Gasteiger partial charge in [0.1, 0.15) is 0 Å². The third-order valence-corrected chi connectivity index (χ3v) is 2.19. The molecule has 0 bridgehead atoms. The molecule has 3 nitrogen and oxygen atoms in total. The smallest absolute Gasteiger partial charge is 0.194 e. The molecule has 1 heterocycles. The highest BCUT2D eigenvalue weighted by molar-refractivity contribution is 5.48. The zero-order valence-electron chi connectivity index (χ0n) is 6.96. The molecule has 13 heavy (non-hydrogen) atoms. The van der Waals surface area contributed by atoms with E-state index in [2.05, 4.69) is 0 Å². The molecule has 1 aromatic rings. The number of fused-ring (bicyclic) bond motifs is 1. The Morgan fingerprint density at radius 1 is 1.54 bits per heavy atom. The van der Waals surface area contributed by atoms with Crippen molar-refractivity contribution in [3.8, 4) is 11.5 Å². The molecule has 0 radical (unpaired) electrons. The van der Waals surface area contributed by atoms with E-state index in [0.717, 1.165) is 0 Å². The zero-order chi connectivity index (χ0) is 9.42. The van der Waals surface area contributed by atoms with Gasteiger partial charge in [-0.3, -0.25) is 0 Å². The van der Waals surface area contributed by atoms with Gasteiger partial charge in [0.05, 0.1) is 6.61 Å². The lowest BCUT2D eigenvalue weighted by atomic mass is 10.0. The van der Waals surface area contributed by atoms with Crippen molar-refractivity contribution in [2.45, 2.75) is 12.5 Å². The first-order valence-corrected chi connectivity index (χ1v) is 4.10. The summed E-state index contributed by atoms with van der Waals surface area (Å²) in [5.74, 6) is -0.917. The normalized spacial score (nSPS) is 20.6. The van der Waals surface area contributed by atoms with Crippen LogP contribution in [0.4, 0.5) is 4.39 Å². The quantitative estimate of drug-likeness (QED) is 0.637. The molecule has 0 saturated heterocycles. The summed E-state index contributed by atoms with van der Waals surface area (Å²) in [7, 11) is 0. The van der Waals surface area contributed by atoms with Crippen molar-refractivity contribution >= 4 is 0 Å². The number of halogens is 1. The maximum atomic E-state index is 12.9. The second-order valence-corrected chi connectivity index (χ2v) is 3.06. The van der Waals surface area contributed by atoms with E-state index in [1.165, 1.54) is 6.07 Å². The summed E-state index contributed by atoms with van der Waals surface area (Å²) < 4.78 is 18.0. The Hall–Kier alpha value is -1.29. The summed E-state index contributed by atoms with van der Waals surface area (Å²) in [5, 5.41) is 9.31. The molecule has 1 aromatic carbocycles. The number of rotatable bonds is 0. The Morgan fingerprint density at radius 3 is 3.08 bits per heavy atom. The second kappa shape index (κ2) is 2.88. The first-order chi connectivity index (χ1) is 6.20. The highest BCUT2D eigenvalue weighted by Crippen LogP contribution is 2.39. The van der Waals surface area contributed by atoms with Crippen molar-refractivity contribution in [3.63, 3.8) is 0 Å². The summed E-state index contributed by atoms with van der Waals surface area (Å²) >= 11 is 0. The van der Waals surface area contributed by atoms with Gasteiger partial charge in [-0.1, -0.05) is 6.07 Å². The van der Waals surface area contributed by atoms with Crippen LogP contribution in [0.5, 0.6) is 11.5 Å². The molecule has 0 fully saturated rings. The van der Waals surface area contributed by atoms with Crippen LogP contribution in [0.25, 0.3) is 0 Å². The molecule has 1 aliphatic rings. The van der Waals surface area contributed by atoms with Crippen LogP contribution >= 0.6 is 0 Å². The van der Waals surface area contributed by atoms with Crippen LogP contribution < -0.4 is 10.5 Å². The largest absolute Gasteiger partial charge is 0.502 e. The summed E-state index contributed by atoms with van der Waals surface area (Å²) in [6.45, 7) is 0.422. The molecule has 0 aromatic heterocycles. The number of phenols is 1. The molecule has 1 aliphatic heterocycles. The van der Waals surface area contributed by atoms with Gasteiger partial charge in [0.2, 0.25) is 0 Å². The SMILES string of the molecule is NC1CCOc2c1ccc(F)c2O. The van der Waals surface area contributed by atoms with Crippen molar-refractivity contribution in [1.29, 1.82) is 0 Å². The molecule has 0 aliphatic carbocycles. The van der Waals surface area contributed by atoms with Crippen molar-refractivity contribution in [2.24, 2.45) is 5.73 Å². The molecule has 0 amide bonds. The Labute approximate surface area is 74.9 Å². The average molecular weight is 183 g/mol. The molecule has 1 unspecified atom stereocenters. The van der Waals surface area contributed by atoms with Crippen molar-refractivity contribution in [1.82, 2.24) is 0 Å². The number of nitrogens with two attached hydrogens (primary N) is 1. The third kappa shape index (κ3) is 1.23. The number of aromatic hydroxyl groups is 1. The molecule has 0 spiro atoms. The van der Waals surface area contributed by atoms with E-state index in [-0.39, 0.29) is 11.8 Å². The number of ether oxygens (including phenoxy) is 1. The predicted octanol–water partition coefficient (Wildman–Crippen LogP) is 1.31. The number of benzene rings is 1. The van der Waals surface area contributed by atoms with Gasteiger partial charge < -0.3 is 15.6 Å². The lowest BCUT2D eigenvalue weighted by Crippen LogP contribution is -2.20. The van der Waals surface area contributed by atoms with Crippen molar-refractivity contribution in [2.75, 3.05) is 6.61 Å². The van der Waals surface area contributed by atoms with E-state index >= 15 is 0 Å². The zero-order valence-corrected chi connectivity index (χ0v) is 6.96. The van der Waals surface area contributed by atoms with Crippen LogP contribution in [0.2, 0.25) is 0 Å². The van der Waals surface area contributed by atoms with Gasteiger partial charge in [-0.05, 0) is 6.07 Å². The average Bonchev–Trinajstić information content (AvgIpc) is 2.12. The van der Waals surface area contributed by atoms with Crippen LogP contribution in [0.15, 0.2) is 12.1 Å². The first-order valence-electron chi connectivity index (χ1n) is 4.10. The van der Waals surface area contributed by atoms with E-state index in [1.807, 2.05) is 0 Å². The highest BCUT2D eigenvalue weighted by atomic mass is 19.1. The van der Waals surface area contributed by atoms with Crippen LogP contribution in [0.3, 0.4) is 0 Å². The summed E-state index contributed by atoms with van der Waals surface area (Å²) in [5.41, 5.74) is 6.42. The van der Waals surface area contributed by atoms with Crippen LogP contribution in [0.1, 0.15) is 18.0 Å². The minimum absolute atomic E-state index is 0.171. The number of hydrogen-bond acceptors (Lipinski definition) is 3. The number of hydrogen-bond donors (Lipinski definition) is 2. The molecule has 70 valence electrons. The molecule has 3 N–H and O–H groups in total. The maximum absolute atomic E-state index is 12.9. The summed E-state index contributed by atoms with van der Waals surface area (Å²) in [6, 6.07) is 2.58. The van der Waals surface area contributed by atoms with Gasteiger partial charge >= 0.3 is 0 Å². The van der Waals surface area contributed by atoms with Gasteiger partial charge in [0.15, 0.2) is 17.3 Å². The lowest BCUT2D eigenvalue weighted by molar-refractivity contribution is 0.251. The number of phenolic OH excluding ortho intramolecular Hbond substituents is 1. The van der Waals surface area contributed by atoms with Crippen molar-refractivity contribution in [3.05, 3.63) is 23.5 Å². The van der Waals surface area contributed by atoms with E-state index in [1.54, 1.807) is 6.07 Å². The van der Waals surface area contributed by atoms with Crippen LogP contribution in [-0.2, 0) is 0 Å². The second-order valence-electron chi connectivity index (χ2n) is 3.06. The fraction of sp³-hybridized carbons (Fsp3) is 0.333. The lowest BCUT2D eigenvalue weighted by Gasteiger charge is -2.23. The molecule has 0 saturated carbocycles. The van der Waals surface area contributed by atoms with E-state index < -0.39 is 11.6 Å². The fourth-order valence-electron chi connectivity index (χ4n) is 1.45. The predicted molar refractivity (Wildman–Crippen MR) is 45.1 cm³/mol. The van der Waals surface area contributed by atoms with Crippen molar-refractivity contribution < 1.29 is 14.2 Å². The van der Waals surface area contributed by atoms with Gasteiger partial charge in [0, 0.05) is 18.0 Å². The van der Waals surface area contributed by atoms with Crippen LogP contribution in [-0.4, -0.2) is 11.7 Å². The van der Waals surface area contributed by atoms with Gasteiger partial charge in [-0.2, -0.15) is 0 Å². The monoisotopic (exact) mass is 183 g/mol. The minimum Gasteiger partial charge on any atom is -0.502 e. The fourth-order valence-corrected chi connectivity index (χ4v) is 1.45. The third-order valence-electron chi connectivity index (χ3n) is 2.19. The van der Waals surface area contributed by atoms with E-state index in [9.17, 15) is 9.50 Å². The van der Waals surface area contributed by atoms with E-state index in [4.69, 9.17) is 10.5 Å². The first kappa shape index (κ1) is 8.31. The maximum Gasteiger partial charge on any atom is 0.194 e. The van der Waals surface area contributed by atoms with Gasteiger partial charge in [-0.15, -0.1) is 0 Å². The van der Waals surface area contributed by atoms with E-state index in [0.29, 0.717) is 18.6 Å². The Kier molecular flexibility index (Phi) is 1.84. The molecular formula is C9H10FNO2. The van der Waals surface area contributed by atoms with Crippen LogP contribution in [0, 0.1) is 5.82 Å². The summed E-state index contributed by atoms with van der Waals surface area (Å²) in [6.07, 6.45) is 0.693. The Balaban J connectivity index is 2.56. The molecule has 1 atom stereocenters. The topological polar surface area (TPSA) is 55.5 Å².